The molecule has 2 heterocycles. The van der Waals surface area contributed by atoms with Gasteiger partial charge in [0.05, 0.1) is 11.0 Å². The molecule has 0 radical (unpaired) electrons. The van der Waals surface area contributed by atoms with Crippen LogP contribution in [0.1, 0.15) is 28.4 Å². The third-order valence-electron chi connectivity index (χ3n) is 3.49. The van der Waals surface area contributed by atoms with Crippen molar-refractivity contribution in [3.8, 4) is 11.3 Å². The van der Waals surface area contributed by atoms with Crippen LogP contribution in [0.3, 0.4) is 0 Å². The van der Waals surface area contributed by atoms with Crippen molar-refractivity contribution in [1.29, 1.82) is 0 Å². The average Bonchev–Trinajstić information content (AvgIpc) is 3.26. The van der Waals surface area contributed by atoms with E-state index in [1.807, 2.05) is 24.4 Å². The summed E-state index contributed by atoms with van der Waals surface area (Å²) in [4.78, 5) is 23.7. The molecule has 3 rings (SSSR count). The number of non-ortho nitro benzene ring substituents is 1. The molecule has 1 atom stereocenters. The number of carbonyl (C=O) groups is 1. The molecule has 3 aromatic rings. The summed E-state index contributed by atoms with van der Waals surface area (Å²) in [5, 5.41) is 15.7. The minimum atomic E-state index is -0.469. The smallest absolute Gasteiger partial charge is 0.287 e. The lowest BCUT2D eigenvalue weighted by atomic mass is 10.1. The second-order valence-corrected chi connectivity index (χ2v) is 6.16. The third-order valence-corrected chi connectivity index (χ3v) is 4.54. The van der Waals surface area contributed by atoms with Crippen molar-refractivity contribution in [1.82, 2.24) is 5.32 Å². The molecule has 0 saturated heterocycles. The fraction of sp³-hybridized carbons (Fsp3) is 0.118. The number of amides is 1. The first-order valence-corrected chi connectivity index (χ1v) is 8.11. The highest BCUT2D eigenvalue weighted by atomic mass is 32.1. The maximum atomic E-state index is 12.3. The van der Waals surface area contributed by atoms with Gasteiger partial charge in [-0.2, -0.15) is 0 Å². The molecule has 0 aliphatic rings. The van der Waals surface area contributed by atoms with Crippen molar-refractivity contribution in [2.45, 2.75) is 13.0 Å². The summed E-state index contributed by atoms with van der Waals surface area (Å²) in [6.45, 7) is 1.90. The summed E-state index contributed by atoms with van der Waals surface area (Å²) in [6, 6.07) is 13.0. The Kier molecular flexibility index (Phi) is 4.43. The van der Waals surface area contributed by atoms with E-state index in [0.717, 1.165) is 4.88 Å². The highest BCUT2D eigenvalue weighted by molar-refractivity contribution is 7.10. The lowest BCUT2D eigenvalue weighted by molar-refractivity contribution is -0.384. The molecule has 0 saturated carbocycles. The lowest BCUT2D eigenvalue weighted by Gasteiger charge is -2.10. The van der Waals surface area contributed by atoms with Crippen LogP contribution < -0.4 is 5.32 Å². The van der Waals surface area contributed by atoms with E-state index in [0.29, 0.717) is 11.3 Å². The van der Waals surface area contributed by atoms with Crippen molar-refractivity contribution in [3.63, 3.8) is 0 Å². The zero-order valence-corrected chi connectivity index (χ0v) is 13.6. The first kappa shape index (κ1) is 15.9. The molecule has 0 aliphatic carbocycles. The van der Waals surface area contributed by atoms with Gasteiger partial charge in [-0.25, -0.2) is 0 Å². The van der Waals surface area contributed by atoms with Gasteiger partial charge in [0, 0.05) is 22.6 Å². The van der Waals surface area contributed by atoms with Crippen molar-refractivity contribution in [2.24, 2.45) is 0 Å². The molecule has 2 aromatic heterocycles. The predicted octanol–water partition coefficient (Wildman–Crippen LogP) is 4.41. The van der Waals surface area contributed by atoms with E-state index in [-0.39, 0.29) is 23.4 Å². The zero-order chi connectivity index (χ0) is 17.1. The van der Waals surface area contributed by atoms with E-state index in [2.05, 4.69) is 5.32 Å². The number of nitrogens with zero attached hydrogens (tertiary/aromatic N) is 1. The predicted molar refractivity (Wildman–Crippen MR) is 91.0 cm³/mol. The number of nitro groups is 1. The maximum Gasteiger partial charge on any atom is 0.287 e. The van der Waals surface area contributed by atoms with Gasteiger partial charge in [0.1, 0.15) is 5.76 Å². The molecule has 24 heavy (non-hydrogen) atoms. The Bertz CT molecular complexity index is 870. The van der Waals surface area contributed by atoms with E-state index in [1.165, 1.54) is 12.1 Å². The van der Waals surface area contributed by atoms with Gasteiger partial charge < -0.3 is 9.73 Å². The van der Waals surface area contributed by atoms with Crippen LogP contribution in [0.4, 0.5) is 5.69 Å². The number of nitro benzene ring substituents is 1. The van der Waals surface area contributed by atoms with Crippen LogP contribution in [0.5, 0.6) is 0 Å². The molecule has 1 aromatic carbocycles. The van der Waals surface area contributed by atoms with E-state index in [1.54, 1.807) is 35.6 Å². The molecule has 122 valence electrons. The van der Waals surface area contributed by atoms with Gasteiger partial charge in [0.25, 0.3) is 11.6 Å². The van der Waals surface area contributed by atoms with Crippen LogP contribution in [-0.4, -0.2) is 10.8 Å². The Hall–Kier alpha value is -2.93. The largest absolute Gasteiger partial charge is 0.451 e. The van der Waals surface area contributed by atoms with Crippen LogP contribution >= 0.6 is 11.3 Å². The van der Waals surface area contributed by atoms with Gasteiger partial charge >= 0.3 is 0 Å². The number of carbonyl (C=O) groups excluding carboxylic acids is 1. The number of thiophene rings is 1. The quantitative estimate of drug-likeness (QED) is 0.550. The molecule has 0 bridgehead atoms. The molecule has 0 fully saturated rings. The van der Waals surface area contributed by atoms with Gasteiger partial charge in [0.2, 0.25) is 0 Å². The monoisotopic (exact) mass is 342 g/mol. The fourth-order valence-electron chi connectivity index (χ4n) is 2.26. The number of furan rings is 1. The van der Waals surface area contributed by atoms with Gasteiger partial charge in [-0.1, -0.05) is 18.2 Å². The zero-order valence-electron chi connectivity index (χ0n) is 12.8. The Morgan fingerprint density at radius 1 is 1.25 bits per heavy atom. The first-order chi connectivity index (χ1) is 11.5. The van der Waals surface area contributed by atoms with Crippen molar-refractivity contribution >= 4 is 22.9 Å². The molecule has 1 amide bonds. The van der Waals surface area contributed by atoms with Gasteiger partial charge in [-0.3, -0.25) is 14.9 Å². The number of nitrogens with one attached hydrogen (secondary N) is 1. The molecular weight excluding hydrogens is 328 g/mol. The fourth-order valence-corrected chi connectivity index (χ4v) is 3.00. The van der Waals surface area contributed by atoms with Crippen LogP contribution in [-0.2, 0) is 0 Å². The number of hydrogen-bond acceptors (Lipinski definition) is 5. The molecular formula is C17H14N2O4S. The standard InChI is InChI=1S/C17H14N2O4S/c1-11(16-6-3-9-24-16)18-17(20)15-8-7-14(23-15)12-4-2-5-13(10-12)19(21)22/h2-11H,1H3,(H,18,20). The normalized spacial score (nSPS) is 11.9. The van der Waals surface area contributed by atoms with Crippen LogP contribution in [0, 0.1) is 10.1 Å². The lowest BCUT2D eigenvalue weighted by Crippen LogP contribution is -2.25. The molecule has 6 nitrogen and oxygen atoms in total. The molecule has 1 unspecified atom stereocenters. The summed E-state index contributed by atoms with van der Waals surface area (Å²) < 4.78 is 5.55. The minimum Gasteiger partial charge on any atom is -0.451 e. The minimum absolute atomic E-state index is 0.0266. The Labute approximate surface area is 141 Å². The van der Waals surface area contributed by atoms with Gasteiger partial charge in [-0.15, -0.1) is 11.3 Å². The van der Waals surface area contributed by atoms with E-state index in [4.69, 9.17) is 4.42 Å². The summed E-state index contributed by atoms with van der Waals surface area (Å²) in [6.07, 6.45) is 0. The SMILES string of the molecule is CC(NC(=O)c1ccc(-c2cccc([N+](=O)[O-])c2)o1)c1cccs1. The maximum absolute atomic E-state index is 12.3. The molecule has 1 N–H and O–H groups in total. The molecule has 0 spiro atoms. The van der Waals surface area contributed by atoms with Crippen molar-refractivity contribution < 1.29 is 14.1 Å². The second kappa shape index (κ2) is 6.67. The van der Waals surface area contributed by atoms with E-state index >= 15 is 0 Å². The van der Waals surface area contributed by atoms with Gasteiger partial charge in [-0.05, 0) is 30.5 Å². The highest BCUT2D eigenvalue weighted by Crippen LogP contribution is 2.26. The van der Waals surface area contributed by atoms with Crippen molar-refractivity contribution in [3.05, 3.63) is 74.7 Å². The average molecular weight is 342 g/mol. The number of hydrogen-bond donors (Lipinski definition) is 1. The Morgan fingerprint density at radius 3 is 2.79 bits per heavy atom. The Balaban J connectivity index is 1.76. The van der Waals surface area contributed by atoms with Gasteiger partial charge in [0.15, 0.2) is 5.76 Å². The van der Waals surface area contributed by atoms with E-state index in [9.17, 15) is 14.9 Å². The summed E-state index contributed by atoms with van der Waals surface area (Å²) in [5.74, 6) is 0.250. The number of benzene rings is 1. The van der Waals surface area contributed by atoms with E-state index < -0.39 is 4.92 Å². The Morgan fingerprint density at radius 2 is 2.08 bits per heavy atom. The molecule has 7 heteroatoms. The van der Waals surface area contributed by atoms with Crippen molar-refractivity contribution in [2.75, 3.05) is 0 Å². The summed E-state index contributed by atoms with van der Waals surface area (Å²) >= 11 is 1.57. The topological polar surface area (TPSA) is 85.4 Å². The molecule has 0 aliphatic heterocycles. The highest BCUT2D eigenvalue weighted by Gasteiger charge is 2.17. The summed E-state index contributed by atoms with van der Waals surface area (Å²) in [7, 11) is 0. The van der Waals surface area contributed by atoms with Crippen LogP contribution in [0.2, 0.25) is 0 Å². The second-order valence-electron chi connectivity index (χ2n) is 5.18. The van der Waals surface area contributed by atoms with Crippen LogP contribution in [0.25, 0.3) is 11.3 Å². The number of rotatable bonds is 5. The third kappa shape index (κ3) is 3.36. The first-order valence-electron chi connectivity index (χ1n) is 7.23. The van der Waals surface area contributed by atoms with Crippen LogP contribution in [0.15, 0.2) is 58.3 Å². The summed E-state index contributed by atoms with van der Waals surface area (Å²) in [5.41, 5.74) is 0.524.